The molecule has 1 aromatic heterocycles. The maximum absolute atomic E-state index is 14.0. The molecule has 0 bridgehead atoms. The molecule has 1 heterocycles. The Kier molecular flexibility index (Phi) is 12.9. The molecular formula is C30H38F2N2O4. The molecule has 206 valence electrons. The highest BCUT2D eigenvalue weighted by atomic mass is 19.1. The summed E-state index contributed by atoms with van der Waals surface area (Å²) in [6, 6.07) is 14.8. The van der Waals surface area contributed by atoms with Gasteiger partial charge in [0.05, 0.1) is 0 Å². The molecule has 0 aliphatic rings. The van der Waals surface area contributed by atoms with Crippen molar-refractivity contribution < 1.29 is 27.7 Å². The lowest BCUT2D eigenvalue weighted by Gasteiger charge is -2.11. The first-order valence-corrected chi connectivity index (χ1v) is 13.1. The highest BCUT2D eigenvalue weighted by Gasteiger charge is 2.10. The minimum absolute atomic E-state index is 0.0323. The number of alkyl halides is 2. The molecule has 0 radical (unpaired) electrons. The van der Waals surface area contributed by atoms with E-state index in [1.165, 1.54) is 0 Å². The van der Waals surface area contributed by atoms with Gasteiger partial charge in [0.2, 0.25) is 0 Å². The largest absolute Gasteiger partial charge is 0.491 e. The number of ether oxygens (including phenoxy) is 4. The fourth-order valence-electron chi connectivity index (χ4n) is 3.83. The van der Waals surface area contributed by atoms with E-state index in [0.717, 1.165) is 42.4 Å². The van der Waals surface area contributed by atoms with Crippen LogP contribution in [0, 0.1) is 0 Å². The van der Waals surface area contributed by atoms with Gasteiger partial charge in [0, 0.05) is 51.0 Å². The Morgan fingerprint density at radius 1 is 0.605 bits per heavy atom. The quantitative estimate of drug-likeness (QED) is 0.168. The summed E-state index contributed by atoms with van der Waals surface area (Å²) in [7, 11) is 3.29. The molecule has 8 heteroatoms. The molecule has 0 amide bonds. The van der Waals surface area contributed by atoms with Crippen molar-refractivity contribution in [2.45, 2.75) is 50.9 Å². The van der Waals surface area contributed by atoms with Gasteiger partial charge in [0.25, 0.3) is 0 Å². The number of hydrogen-bond donors (Lipinski definition) is 0. The van der Waals surface area contributed by atoms with Crippen LogP contribution in [0.4, 0.5) is 8.78 Å². The monoisotopic (exact) mass is 528 g/mol. The van der Waals surface area contributed by atoms with Crippen LogP contribution in [0.1, 0.15) is 38.5 Å². The summed E-state index contributed by atoms with van der Waals surface area (Å²) in [5.41, 5.74) is 2.64. The van der Waals surface area contributed by atoms with Crippen molar-refractivity contribution in [2.75, 3.05) is 40.6 Å². The predicted octanol–water partition coefficient (Wildman–Crippen LogP) is 6.88. The second-order valence-corrected chi connectivity index (χ2v) is 9.14. The zero-order valence-electron chi connectivity index (χ0n) is 22.3. The fourth-order valence-corrected chi connectivity index (χ4v) is 3.83. The number of unbranched alkanes of at least 4 members (excludes halogenated alkanes) is 2. The zero-order valence-corrected chi connectivity index (χ0v) is 22.3. The molecule has 0 saturated heterocycles. The smallest absolute Gasteiger partial charge is 0.159 e. The standard InChI is InChI=1S/C30H38F2N2O4/c1-35-17-5-3-7-26(31)21-37-28-13-9-23(10-14-28)25-19-33-30(34-20-25)24-11-15-29(16-12-24)38-22-27(32)8-4-6-18-36-2/h9-16,19-20,26-27H,3-8,17-18,21-22H2,1-2H3. The van der Waals surface area contributed by atoms with E-state index in [2.05, 4.69) is 9.97 Å². The van der Waals surface area contributed by atoms with Crippen molar-refractivity contribution in [3.63, 3.8) is 0 Å². The Morgan fingerprint density at radius 3 is 1.50 bits per heavy atom. The molecule has 3 aromatic rings. The van der Waals surface area contributed by atoms with Crippen LogP contribution in [0.5, 0.6) is 11.5 Å². The maximum atomic E-state index is 14.0. The van der Waals surface area contributed by atoms with E-state index in [4.69, 9.17) is 18.9 Å². The topological polar surface area (TPSA) is 62.7 Å². The summed E-state index contributed by atoms with van der Waals surface area (Å²) in [6.45, 7) is 1.37. The minimum Gasteiger partial charge on any atom is -0.491 e. The van der Waals surface area contributed by atoms with Crippen LogP contribution >= 0.6 is 0 Å². The van der Waals surface area contributed by atoms with E-state index in [-0.39, 0.29) is 13.2 Å². The summed E-state index contributed by atoms with van der Waals surface area (Å²) in [5, 5.41) is 0. The molecule has 0 saturated carbocycles. The van der Waals surface area contributed by atoms with Gasteiger partial charge < -0.3 is 18.9 Å². The lowest BCUT2D eigenvalue weighted by atomic mass is 10.1. The number of aromatic nitrogens is 2. The molecule has 0 fully saturated rings. The van der Waals surface area contributed by atoms with Gasteiger partial charge in [0.15, 0.2) is 5.82 Å². The summed E-state index contributed by atoms with van der Waals surface area (Å²) in [5.74, 6) is 1.82. The Balaban J connectivity index is 1.45. The van der Waals surface area contributed by atoms with E-state index in [9.17, 15) is 8.78 Å². The van der Waals surface area contributed by atoms with Crippen LogP contribution in [-0.4, -0.2) is 63.0 Å². The van der Waals surface area contributed by atoms with Crippen LogP contribution in [0.2, 0.25) is 0 Å². The summed E-state index contributed by atoms with van der Waals surface area (Å²) >= 11 is 0. The molecule has 38 heavy (non-hydrogen) atoms. The highest BCUT2D eigenvalue weighted by Crippen LogP contribution is 2.24. The fraction of sp³-hybridized carbons (Fsp3) is 0.467. The Hall–Kier alpha value is -3.10. The zero-order chi connectivity index (χ0) is 27.0. The first-order valence-electron chi connectivity index (χ1n) is 13.1. The molecule has 0 aliphatic heterocycles. The average molecular weight is 529 g/mol. The Labute approximate surface area is 224 Å². The van der Waals surface area contributed by atoms with E-state index >= 15 is 0 Å². The van der Waals surface area contributed by atoms with Gasteiger partial charge in [-0.05, 0) is 80.5 Å². The van der Waals surface area contributed by atoms with Gasteiger partial charge in [-0.25, -0.2) is 18.7 Å². The van der Waals surface area contributed by atoms with Crippen LogP contribution in [0.15, 0.2) is 60.9 Å². The van der Waals surface area contributed by atoms with E-state index in [0.29, 0.717) is 43.4 Å². The van der Waals surface area contributed by atoms with Gasteiger partial charge in [0.1, 0.15) is 37.1 Å². The van der Waals surface area contributed by atoms with Crippen molar-refractivity contribution in [3.8, 4) is 34.0 Å². The molecule has 2 unspecified atom stereocenters. The predicted molar refractivity (Wildman–Crippen MR) is 145 cm³/mol. The van der Waals surface area contributed by atoms with Gasteiger partial charge in [-0.1, -0.05) is 12.1 Å². The van der Waals surface area contributed by atoms with Crippen LogP contribution < -0.4 is 9.47 Å². The van der Waals surface area contributed by atoms with Crippen LogP contribution in [0.3, 0.4) is 0 Å². The lowest BCUT2D eigenvalue weighted by molar-refractivity contribution is 0.167. The van der Waals surface area contributed by atoms with Crippen LogP contribution in [0.25, 0.3) is 22.5 Å². The number of hydrogen-bond acceptors (Lipinski definition) is 6. The molecule has 2 aromatic carbocycles. The minimum atomic E-state index is -1.00. The highest BCUT2D eigenvalue weighted by molar-refractivity contribution is 5.64. The normalized spacial score (nSPS) is 12.7. The third-order valence-corrected chi connectivity index (χ3v) is 6.05. The molecule has 0 aliphatic carbocycles. The van der Waals surface area contributed by atoms with Gasteiger partial charge in [-0.3, -0.25) is 0 Å². The maximum Gasteiger partial charge on any atom is 0.159 e. The molecule has 0 spiro atoms. The van der Waals surface area contributed by atoms with E-state index in [1.807, 2.05) is 36.4 Å². The van der Waals surface area contributed by atoms with E-state index < -0.39 is 12.3 Å². The number of rotatable bonds is 18. The summed E-state index contributed by atoms with van der Waals surface area (Å²) in [4.78, 5) is 8.98. The number of methoxy groups -OCH3 is 2. The van der Waals surface area contributed by atoms with Crippen molar-refractivity contribution in [2.24, 2.45) is 0 Å². The molecule has 2 atom stereocenters. The van der Waals surface area contributed by atoms with Gasteiger partial charge in [-0.15, -0.1) is 0 Å². The number of benzene rings is 2. The first-order chi connectivity index (χ1) is 18.6. The Bertz CT molecular complexity index is 949. The van der Waals surface area contributed by atoms with Crippen LogP contribution in [-0.2, 0) is 9.47 Å². The van der Waals surface area contributed by atoms with Crippen molar-refractivity contribution in [1.29, 1.82) is 0 Å². The molecule has 0 N–H and O–H groups in total. The number of nitrogens with zero attached hydrogens (tertiary/aromatic N) is 2. The average Bonchev–Trinajstić information content (AvgIpc) is 2.96. The number of halogens is 2. The second-order valence-electron chi connectivity index (χ2n) is 9.14. The third kappa shape index (κ3) is 10.3. The lowest BCUT2D eigenvalue weighted by Crippen LogP contribution is -2.13. The SMILES string of the molecule is COCCCCC(F)COc1ccc(-c2cnc(-c3ccc(OCC(F)CCCCOC)cc3)nc2)cc1. The van der Waals surface area contributed by atoms with Crippen molar-refractivity contribution >= 4 is 0 Å². The second kappa shape index (κ2) is 16.7. The van der Waals surface area contributed by atoms with Crippen molar-refractivity contribution in [1.82, 2.24) is 9.97 Å². The van der Waals surface area contributed by atoms with E-state index in [1.54, 1.807) is 38.7 Å². The Morgan fingerprint density at radius 2 is 1.05 bits per heavy atom. The molecule has 6 nitrogen and oxygen atoms in total. The summed E-state index contributed by atoms with van der Waals surface area (Å²) in [6.07, 6.45) is 5.71. The first kappa shape index (κ1) is 29.5. The third-order valence-electron chi connectivity index (χ3n) is 6.05. The van der Waals surface area contributed by atoms with Gasteiger partial charge >= 0.3 is 0 Å². The summed E-state index contributed by atoms with van der Waals surface area (Å²) < 4.78 is 49.1. The molecule has 3 rings (SSSR count). The van der Waals surface area contributed by atoms with Crippen molar-refractivity contribution in [3.05, 3.63) is 60.9 Å². The van der Waals surface area contributed by atoms with Gasteiger partial charge in [-0.2, -0.15) is 0 Å². The molecular weight excluding hydrogens is 490 g/mol.